The number of hydrogen-bond donors (Lipinski definition) is 2. The van der Waals surface area contributed by atoms with E-state index in [-0.39, 0.29) is 18.3 Å². The quantitative estimate of drug-likeness (QED) is 0.655. The Bertz CT molecular complexity index is 739. The topological polar surface area (TPSA) is 70.9 Å². The molecule has 0 saturated heterocycles. The molecule has 0 spiro atoms. The molecule has 0 unspecified atom stereocenters. The number of carbonyl (C=O) groups is 1. The molecule has 0 aliphatic heterocycles. The highest BCUT2D eigenvalue weighted by Gasteiger charge is 2.04. The lowest BCUT2D eigenvalue weighted by atomic mass is 10.1. The maximum absolute atomic E-state index is 11.8. The van der Waals surface area contributed by atoms with Gasteiger partial charge < -0.3 is 9.84 Å². The van der Waals surface area contributed by atoms with Crippen LogP contribution in [-0.4, -0.2) is 23.8 Å². The third-order valence-corrected chi connectivity index (χ3v) is 3.48. The zero-order valence-electron chi connectivity index (χ0n) is 14.4. The molecule has 2 N–H and O–H groups in total. The first-order valence-electron chi connectivity index (χ1n) is 7.68. The number of nitrogens with zero attached hydrogens (tertiary/aromatic N) is 1. The summed E-state index contributed by atoms with van der Waals surface area (Å²) >= 11 is 0. The minimum absolute atomic E-state index is 0.103. The highest BCUT2D eigenvalue weighted by molar-refractivity contribution is 5.83. The average Bonchev–Trinajstić information content (AvgIpc) is 2.49. The number of aromatic hydroxyl groups is 1. The number of aryl methyl sites for hydroxylation is 4. The van der Waals surface area contributed by atoms with Crippen molar-refractivity contribution in [3.05, 3.63) is 58.1 Å². The van der Waals surface area contributed by atoms with E-state index in [1.54, 1.807) is 12.1 Å². The Morgan fingerprint density at radius 1 is 1.08 bits per heavy atom. The van der Waals surface area contributed by atoms with Crippen molar-refractivity contribution in [2.24, 2.45) is 5.10 Å². The Kier molecular flexibility index (Phi) is 5.58. The Labute approximate surface area is 142 Å². The van der Waals surface area contributed by atoms with Gasteiger partial charge in [0.25, 0.3) is 5.91 Å². The SMILES string of the molecule is Cc1cc(C)cc(OCC(=O)N/N=C/c2cc(C)c(O)c(C)c2)c1. The number of hydrogen-bond acceptors (Lipinski definition) is 4. The van der Waals surface area contributed by atoms with E-state index in [0.29, 0.717) is 5.75 Å². The Hall–Kier alpha value is -2.82. The largest absolute Gasteiger partial charge is 0.507 e. The fourth-order valence-corrected chi connectivity index (χ4v) is 2.44. The predicted molar refractivity (Wildman–Crippen MR) is 94.7 cm³/mol. The summed E-state index contributed by atoms with van der Waals surface area (Å²) in [5.41, 5.74) is 6.93. The summed E-state index contributed by atoms with van der Waals surface area (Å²) in [4.78, 5) is 11.8. The molecule has 0 aliphatic rings. The van der Waals surface area contributed by atoms with Crippen LogP contribution in [0.25, 0.3) is 0 Å². The predicted octanol–water partition coefficient (Wildman–Crippen LogP) is 3.15. The van der Waals surface area contributed by atoms with Crippen molar-refractivity contribution < 1.29 is 14.6 Å². The van der Waals surface area contributed by atoms with Crippen molar-refractivity contribution in [2.75, 3.05) is 6.61 Å². The smallest absolute Gasteiger partial charge is 0.277 e. The number of carbonyl (C=O) groups excluding carboxylic acids is 1. The standard InChI is InChI=1S/C19H22N2O3/c1-12-5-13(2)7-17(6-12)24-11-18(22)21-20-10-16-8-14(3)19(23)15(4)9-16/h5-10,23H,11H2,1-4H3,(H,21,22)/b20-10+. The van der Waals surface area contributed by atoms with Crippen LogP contribution in [0, 0.1) is 27.7 Å². The van der Waals surface area contributed by atoms with E-state index in [1.807, 2.05) is 45.9 Å². The summed E-state index contributed by atoms with van der Waals surface area (Å²) in [6, 6.07) is 9.39. The normalized spacial score (nSPS) is 10.8. The van der Waals surface area contributed by atoms with Crippen molar-refractivity contribution in [2.45, 2.75) is 27.7 Å². The van der Waals surface area contributed by atoms with Crippen molar-refractivity contribution in [3.63, 3.8) is 0 Å². The Morgan fingerprint density at radius 3 is 2.25 bits per heavy atom. The molecule has 2 aromatic carbocycles. The van der Waals surface area contributed by atoms with Gasteiger partial charge in [0.2, 0.25) is 0 Å². The molecule has 0 radical (unpaired) electrons. The molecule has 2 aromatic rings. The van der Waals surface area contributed by atoms with Gasteiger partial charge in [-0.3, -0.25) is 4.79 Å². The first-order valence-corrected chi connectivity index (χ1v) is 7.68. The molecule has 126 valence electrons. The summed E-state index contributed by atoms with van der Waals surface area (Å²) in [5, 5.41) is 13.6. The van der Waals surface area contributed by atoms with Gasteiger partial charge in [-0.25, -0.2) is 5.43 Å². The number of phenols is 1. The molecule has 1 amide bonds. The van der Waals surface area contributed by atoms with Gasteiger partial charge in [-0.15, -0.1) is 0 Å². The summed E-state index contributed by atoms with van der Waals surface area (Å²) in [6.07, 6.45) is 1.54. The van der Waals surface area contributed by atoms with Gasteiger partial charge in [0.05, 0.1) is 6.21 Å². The fourth-order valence-electron chi connectivity index (χ4n) is 2.44. The van der Waals surface area contributed by atoms with Crippen LogP contribution in [0.1, 0.15) is 27.8 Å². The van der Waals surface area contributed by atoms with Crippen molar-refractivity contribution in [1.82, 2.24) is 5.43 Å². The summed E-state index contributed by atoms with van der Waals surface area (Å²) < 4.78 is 5.47. The van der Waals surface area contributed by atoms with Gasteiger partial charge in [-0.1, -0.05) is 6.07 Å². The van der Waals surface area contributed by atoms with Crippen LogP contribution in [-0.2, 0) is 4.79 Å². The second-order valence-electron chi connectivity index (χ2n) is 5.91. The minimum Gasteiger partial charge on any atom is -0.507 e. The molecule has 0 heterocycles. The molecular weight excluding hydrogens is 304 g/mol. The van der Waals surface area contributed by atoms with Gasteiger partial charge >= 0.3 is 0 Å². The molecule has 0 bridgehead atoms. The van der Waals surface area contributed by atoms with Crippen LogP contribution in [0.15, 0.2) is 35.4 Å². The number of hydrazone groups is 1. The van der Waals surface area contributed by atoms with Gasteiger partial charge in [0.1, 0.15) is 11.5 Å². The maximum atomic E-state index is 11.8. The van der Waals surface area contributed by atoms with Gasteiger partial charge in [-0.2, -0.15) is 5.10 Å². The third-order valence-electron chi connectivity index (χ3n) is 3.48. The van der Waals surface area contributed by atoms with Crippen LogP contribution < -0.4 is 10.2 Å². The van der Waals surface area contributed by atoms with Gasteiger partial charge in [0.15, 0.2) is 6.61 Å². The molecule has 0 fully saturated rings. The number of ether oxygens (including phenoxy) is 1. The second kappa shape index (κ2) is 7.64. The highest BCUT2D eigenvalue weighted by Crippen LogP contribution is 2.22. The number of amides is 1. The molecule has 0 aliphatic carbocycles. The first kappa shape index (κ1) is 17.5. The molecule has 0 atom stereocenters. The number of rotatable bonds is 5. The monoisotopic (exact) mass is 326 g/mol. The lowest BCUT2D eigenvalue weighted by molar-refractivity contribution is -0.123. The van der Waals surface area contributed by atoms with E-state index in [9.17, 15) is 9.90 Å². The zero-order valence-corrected chi connectivity index (χ0v) is 14.4. The zero-order chi connectivity index (χ0) is 17.7. The van der Waals surface area contributed by atoms with Gasteiger partial charge in [-0.05, 0) is 79.8 Å². The number of nitrogens with one attached hydrogen (secondary N) is 1. The van der Waals surface area contributed by atoms with E-state index < -0.39 is 0 Å². The lowest BCUT2D eigenvalue weighted by Gasteiger charge is -2.07. The van der Waals surface area contributed by atoms with E-state index in [0.717, 1.165) is 27.8 Å². The molecule has 2 rings (SSSR count). The summed E-state index contributed by atoms with van der Waals surface area (Å²) in [6.45, 7) is 7.48. The Balaban J connectivity index is 1.89. The van der Waals surface area contributed by atoms with Crippen molar-refractivity contribution in [1.29, 1.82) is 0 Å². The minimum atomic E-state index is -0.336. The van der Waals surface area contributed by atoms with Crippen LogP contribution in [0.4, 0.5) is 0 Å². The maximum Gasteiger partial charge on any atom is 0.277 e. The average molecular weight is 326 g/mol. The summed E-state index contributed by atoms with van der Waals surface area (Å²) in [5.74, 6) is 0.604. The van der Waals surface area contributed by atoms with E-state index in [2.05, 4.69) is 10.5 Å². The molecule has 0 aromatic heterocycles. The molecule has 5 heteroatoms. The van der Waals surface area contributed by atoms with E-state index in [4.69, 9.17) is 4.74 Å². The number of benzene rings is 2. The Morgan fingerprint density at radius 2 is 1.67 bits per heavy atom. The van der Waals surface area contributed by atoms with Crippen molar-refractivity contribution >= 4 is 12.1 Å². The van der Waals surface area contributed by atoms with Gasteiger partial charge in [0, 0.05) is 0 Å². The van der Waals surface area contributed by atoms with Crippen molar-refractivity contribution in [3.8, 4) is 11.5 Å². The molecule has 0 saturated carbocycles. The van der Waals surface area contributed by atoms with E-state index in [1.165, 1.54) is 6.21 Å². The second-order valence-corrected chi connectivity index (χ2v) is 5.91. The lowest BCUT2D eigenvalue weighted by Crippen LogP contribution is -2.24. The van der Waals surface area contributed by atoms with Crippen LogP contribution in [0.5, 0.6) is 11.5 Å². The third kappa shape index (κ3) is 4.84. The molecule has 24 heavy (non-hydrogen) atoms. The van der Waals surface area contributed by atoms with Crippen LogP contribution in [0.2, 0.25) is 0 Å². The highest BCUT2D eigenvalue weighted by atomic mass is 16.5. The molecular formula is C19H22N2O3. The molecule has 5 nitrogen and oxygen atoms in total. The number of phenolic OH excluding ortho intramolecular Hbond substituents is 1. The summed E-state index contributed by atoms with van der Waals surface area (Å²) in [7, 11) is 0. The van der Waals surface area contributed by atoms with Crippen LogP contribution in [0.3, 0.4) is 0 Å². The van der Waals surface area contributed by atoms with E-state index >= 15 is 0 Å². The first-order chi connectivity index (χ1) is 11.3. The van der Waals surface area contributed by atoms with Crippen LogP contribution >= 0.6 is 0 Å². The fraction of sp³-hybridized carbons (Fsp3) is 0.263.